The first-order chi connectivity index (χ1) is 15.2. The highest BCUT2D eigenvalue weighted by molar-refractivity contribution is 6.03. The molecule has 1 fully saturated rings. The van der Waals surface area contributed by atoms with Crippen LogP contribution in [0.1, 0.15) is 11.1 Å². The molecule has 6 nitrogen and oxygen atoms in total. The molecular formula is C25H29N5O. The summed E-state index contributed by atoms with van der Waals surface area (Å²) in [6, 6.07) is 19.6. The quantitative estimate of drug-likeness (QED) is 0.457. The number of benzene rings is 2. The van der Waals surface area contributed by atoms with E-state index in [1.807, 2.05) is 60.7 Å². The summed E-state index contributed by atoms with van der Waals surface area (Å²) in [6.07, 6.45) is 1.34. The smallest absolute Gasteiger partial charge is 0.135 e. The Balaban J connectivity index is 1.52. The average molecular weight is 416 g/mol. The fourth-order valence-electron chi connectivity index (χ4n) is 3.86. The lowest BCUT2D eigenvalue weighted by atomic mass is 10.0. The molecule has 0 saturated carbocycles. The van der Waals surface area contributed by atoms with Gasteiger partial charge >= 0.3 is 0 Å². The minimum atomic E-state index is 0.530. The van der Waals surface area contributed by atoms with Gasteiger partial charge in [0.15, 0.2) is 0 Å². The zero-order valence-electron chi connectivity index (χ0n) is 17.9. The van der Waals surface area contributed by atoms with E-state index in [1.165, 1.54) is 6.21 Å². The summed E-state index contributed by atoms with van der Waals surface area (Å²) in [5, 5.41) is 7.64. The van der Waals surface area contributed by atoms with Gasteiger partial charge in [-0.25, -0.2) is 0 Å². The number of hydrogen-bond donors (Lipinski definition) is 2. The van der Waals surface area contributed by atoms with E-state index in [0.717, 1.165) is 66.5 Å². The molecule has 3 N–H and O–H groups in total. The average Bonchev–Trinajstić information content (AvgIpc) is 3.30. The van der Waals surface area contributed by atoms with Crippen LogP contribution in [0.4, 0.5) is 0 Å². The number of nitrogens with zero attached hydrogens (tertiary/aromatic N) is 3. The highest BCUT2D eigenvalue weighted by Gasteiger charge is 2.15. The molecule has 3 aromatic rings. The Kier molecular flexibility index (Phi) is 6.60. The summed E-state index contributed by atoms with van der Waals surface area (Å²) >= 11 is 0. The first kappa shape index (κ1) is 21.0. The van der Waals surface area contributed by atoms with Gasteiger partial charge in [-0.15, -0.1) is 0 Å². The van der Waals surface area contributed by atoms with Gasteiger partial charge in [0.1, 0.15) is 17.4 Å². The van der Waals surface area contributed by atoms with Crippen LogP contribution < -0.4 is 5.73 Å². The van der Waals surface area contributed by atoms with Crippen LogP contribution in [0, 0.1) is 5.41 Å². The van der Waals surface area contributed by atoms with Gasteiger partial charge < -0.3 is 20.5 Å². The van der Waals surface area contributed by atoms with Gasteiger partial charge in [-0.3, -0.25) is 9.89 Å². The van der Waals surface area contributed by atoms with Crippen molar-refractivity contribution in [2.75, 3.05) is 46.3 Å². The number of nitrogens with one attached hydrogen (secondary N) is 1. The third kappa shape index (κ3) is 4.93. The van der Waals surface area contributed by atoms with E-state index < -0.39 is 0 Å². The maximum atomic E-state index is 7.64. The Morgan fingerprint density at radius 1 is 0.968 bits per heavy atom. The second-order valence-corrected chi connectivity index (χ2v) is 7.85. The van der Waals surface area contributed by atoms with E-state index in [9.17, 15) is 0 Å². The number of likely N-dealkylation sites (N-methyl/N-ethyl adjacent to an activating group) is 1. The zero-order valence-corrected chi connectivity index (χ0v) is 17.9. The lowest BCUT2D eigenvalue weighted by molar-refractivity contribution is 0.157. The van der Waals surface area contributed by atoms with Gasteiger partial charge in [0.05, 0.1) is 6.54 Å². The molecule has 2 heterocycles. The van der Waals surface area contributed by atoms with Gasteiger partial charge in [0, 0.05) is 61.2 Å². The van der Waals surface area contributed by atoms with Crippen LogP contribution >= 0.6 is 0 Å². The summed E-state index contributed by atoms with van der Waals surface area (Å²) < 4.78 is 6.17. The zero-order chi connectivity index (χ0) is 21.6. The van der Waals surface area contributed by atoms with Gasteiger partial charge in [-0.2, -0.15) is 0 Å². The second kappa shape index (κ2) is 9.73. The number of rotatable bonds is 7. The van der Waals surface area contributed by atoms with Crippen LogP contribution in [-0.4, -0.2) is 68.2 Å². The van der Waals surface area contributed by atoms with Crippen LogP contribution in [0.15, 0.2) is 70.1 Å². The molecule has 4 rings (SSSR count). The molecular weight excluding hydrogens is 386 g/mol. The Hall–Kier alpha value is -3.22. The minimum absolute atomic E-state index is 0.530. The molecule has 1 saturated heterocycles. The van der Waals surface area contributed by atoms with Crippen molar-refractivity contribution >= 4 is 12.1 Å². The molecule has 0 spiro atoms. The van der Waals surface area contributed by atoms with Crippen molar-refractivity contribution < 1.29 is 4.42 Å². The molecule has 31 heavy (non-hydrogen) atoms. The first-order valence-corrected chi connectivity index (χ1v) is 10.7. The minimum Gasteiger partial charge on any atom is -0.456 e. The maximum absolute atomic E-state index is 7.64. The summed E-state index contributed by atoms with van der Waals surface area (Å²) in [5.74, 6) is 2.00. The number of aliphatic imine (C=N–C) groups is 1. The third-order valence-electron chi connectivity index (χ3n) is 5.75. The normalized spacial score (nSPS) is 15.8. The molecule has 2 aromatic carbocycles. The molecule has 0 atom stereocenters. The molecule has 6 heteroatoms. The SMILES string of the molecule is CN1CCN(CCN=C(N)c2ccccc2-c2ccc(-c3ccccc3C=N)o2)CC1. The third-order valence-corrected chi connectivity index (χ3v) is 5.75. The van der Waals surface area contributed by atoms with Crippen LogP contribution in [0.3, 0.4) is 0 Å². The van der Waals surface area contributed by atoms with Crippen LogP contribution in [0.25, 0.3) is 22.6 Å². The van der Waals surface area contributed by atoms with E-state index in [4.69, 9.17) is 15.6 Å². The van der Waals surface area contributed by atoms with Crippen LogP contribution in [-0.2, 0) is 0 Å². The number of hydrogen-bond acceptors (Lipinski definition) is 5. The van der Waals surface area contributed by atoms with Crippen molar-refractivity contribution in [1.82, 2.24) is 9.80 Å². The molecule has 1 aliphatic rings. The maximum Gasteiger partial charge on any atom is 0.135 e. The Morgan fingerprint density at radius 2 is 1.61 bits per heavy atom. The molecule has 0 amide bonds. The molecule has 1 aromatic heterocycles. The fraction of sp³-hybridized carbons (Fsp3) is 0.280. The summed E-state index contributed by atoms with van der Waals surface area (Å²) in [6.45, 7) is 5.96. The fourth-order valence-corrected chi connectivity index (χ4v) is 3.86. The lowest BCUT2D eigenvalue weighted by Gasteiger charge is -2.31. The second-order valence-electron chi connectivity index (χ2n) is 7.85. The molecule has 0 bridgehead atoms. The monoisotopic (exact) mass is 415 g/mol. The van der Waals surface area contributed by atoms with Gasteiger partial charge in [0.2, 0.25) is 0 Å². The number of furan rings is 1. The molecule has 1 aliphatic heterocycles. The van der Waals surface area contributed by atoms with Gasteiger partial charge in [0.25, 0.3) is 0 Å². The standard InChI is InChI=1S/C25H29N5O/c1-29-14-16-30(17-15-29)13-12-28-25(27)22-9-5-4-8-21(22)24-11-10-23(31-24)20-7-3-2-6-19(20)18-26/h2-11,18,26H,12-17H2,1H3,(H2,27,28). The van der Waals surface area contributed by atoms with Crippen molar-refractivity contribution in [2.24, 2.45) is 10.7 Å². The summed E-state index contributed by atoms with van der Waals surface area (Å²) in [4.78, 5) is 9.44. The molecule has 0 aliphatic carbocycles. The Labute approximate surface area is 183 Å². The van der Waals surface area contributed by atoms with Crippen molar-refractivity contribution in [2.45, 2.75) is 0 Å². The lowest BCUT2D eigenvalue weighted by Crippen LogP contribution is -2.45. The van der Waals surface area contributed by atoms with Gasteiger partial charge in [-0.05, 0) is 19.2 Å². The number of piperazine rings is 1. The predicted octanol–water partition coefficient (Wildman–Crippen LogP) is 3.56. The predicted molar refractivity (Wildman–Crippen MR) is 127 cm³/mol. The topological polar surface area (TPSA) is 81.9 Å². The van der Waals surface area contributed by atoms with Crippen LogP contribution in [0.5, 0.6) is 0 Å². The summed E-state index contributed by atoms with van der Waals surface area (Å²) in [7, 11) is 2.16. The Morgan fingerprint density at radius 3 is 2.35 bits per heavy atom. The van der Waals surface area contributed by atoms with Crippen molar-refractivity contribution in [3.05, 3.63) is 71.8 Å². The van der Waals surface area contributed by atoms with E-state index in [-0.39, 0.29) is 0 Å². The Bertz CT molecular complexity index is 1060. The molecule has 0 unspecified atom stereocenters. The van der Waals surface area contributed by atoms with E-state index in [0.29, 0.717) is 12.4 Å². The highest BCUT2D eigenvalue weighted by atomic mass is 16.3. The first-order valence-electron chi connectivity index (χ1n) is 10.7. The number of nitrogens with two attached hydrogens (primary N) is 1. The van der Waals surface area contributed by atoms with Crippen molar-refractivity contribution in [3.8, 4) is 22.6 Å². The summed E-state index contributed by atoms with van der Waals surface area (Å²) in [5.41, 5.74) is 9.90. The van der Waals surface area contributed by atoms with Crippen LogP contribution in [0.2, 0.25) is 0 Å². The molecule has 0 radical (unpaired) electrons. The highest BCUT2D eigenvalue weighted by Crippen LogP contribution is 2.31. The van der Waals surface area contributed by atoms with Gasteiger partial charge in [-0.1, -0.05) is 48.5 Å². The molecule has 160 valence electrons. The van der Waals surface area contributed by atoms with E-state index >= 15 is 0 Å². The largest absolute Gasteiger partial charge is 0.456 e. The van der Waals surface area contributed by atoms with E-state index in [1.54, 1.807) is 0 Å². The van der Waals surface area contributed by atoms with Crippen molar-refractivity contribution in [3.63, 3.8) is 0 Å². The van der Waals surface area contributed by atoms with Crippen molar-refractivity contribution in [1.29, 1.82) is 5.41 Å². The number of amidine groups is 1. The van der Waals surface area contributed by atoms with E-state index in [2.05, 4.69) is 21.8 Å².